The summed E-state index contributed by atoms with van der Waals surface area (Å²) in [5.74, 6) is 0. The predicted molar refractivity (Wildman–Crippen MR) is 66.2 cm³/mol. The predicted octanol–water partition coefficient (Wildman–Crippen LogP) is 2.64. The van der Waals surface area contributed by atoms with Crippen molar-refractivity contribution in [2.45, 2.75) is 23.0 Å². The summed E-state index contributed by atoms with van der Waals surface area (Å²) < 4.78 is 5.31. The standard InChI is InChI=1S/C13H13NO2S/c14-8-11-7-10(9-15)1-2-13(11)17-12-3-5-16-6-4-12/h1-2,7,9,12H,3-6H2. The number of carbonyl (C=O) groups excluding carboxylic acids is 1. The minimum atomic E-state index is 0.512. The SMILES string of the molecule is N#Cc1cc(C=O)ccc1SC1CCOCC1. The van der Waals surface area contributed by atoms with E-state index in [-0.39, 0.29) is 0 Å². The van der Waals surface area contributed by atoms with Crippen LogP contribution in [0.15, 0.2) is 23.1 Å². The molecule has 4 heteroatoms. The smallest absolute Gasteiger partial charge is 0.150 e. The maximum absolute atomic E-state index is 10.6. The highest BCUT2D eigenvalue weighted by Gasteiger charge is 2.16. The van der Waals surface area contributed by atoms with Gasteiger partial charge in [-0.25, -0.2) is 0 Å². The van der Waals surface area contributed by atoms with Gasteiger partial charge in [0.1, 0.15) is 12.4 Å². The van der Waals surface area contributed by atoms with Crippen LogP contribution in [0.1, 0.15) is 28.8 Å². The molecule has 1 heterocycles. The fourth-order valence-corrected chi connectivity index (χ4v) is 2.95. The summed E-state index contributed by atoms with van der Waals surface area (Å²) in [7, 11) is 0. The normalized spacial score (nSPS) is 16.4. The second-order valence-corrected chi connectivity index (χ2v) is 5.26. The van der Waals surface area contributed by atoms with Gasteiger partial charge >= 0.3 is 0 Å². The zero-order valence-corrected chi connectivity index (χ0v) is 10.2. The van der Waals surface area contributed by atoms with Gasteiger partial charge in [-0.3, -0.25) is 4.79 Å². The van der Waals surface area contributed by atoms with Gasteiger partial charge in [0.15, 0.2) is 0 Å². The van der Waals surface area contributed by atoms with Crippen LogP contribution >= 0.6 is 11.8 Å². The first-order valence-corrected chi connectivity index (χ1v) is 6.45. The quantitative estimate of drug-likeness (QED) is 0.770. The van der Waals surface area contributed by atoms with Crippen molar-refractivity contribution in [1.29, 1.82) is 5.26 Å². The first-order valence-electron chi connectivity index (χ1n) is 5.57. The minimum absolute atomic E-state index is 0.512. The van der Waals surface area contributed by atoms with Crippen LogP contribution < -0.4 is 0 Å². The molecule has 1 aliphatic heterocycles. The van der Waals surface area contributed by atoms with E-state index in [1.165, 1.54) is 0 Å². The van der Waals surface area contributed by atoms with E-state index in [2.05, 4.69) is 6.07 Å². The maximum atomic E-state index is 10.6. The molecule has 88 valence electrons. The van der Waals surface area contributed by atoms with Gasteiger partial charge in [-0.15, -0.1) is 11.8 Å². The average molecular weight is 247 g/mol. The number of benzene rings is 1. The van der Waals surface area contributed by atoms with Gasteiger partial charge in [0, 0.05) is 28.9 Å². The molecular weight excluding hydrogens is 234 g/mol. The van der Waals surface area contributed by atoms with E-state index in [0.29, 0.717) is 16.4 Å². The molecule has 1 fully saturated rings. The molecule has 0 amide bonds. The summed E-state index contributed by atoms with van der Waals surface area (Å²) in [6, 6.07) is 7.42. The first kappa shape index (κ1) is 12.2. The van der Waals surface area contributed by atoms with Gasteiger partial charge in [-0.2, -0.15) is 5.26 Å². The molecule has 1 aromatic rings. The Kier molecular flexibility index (Phi) is 4.18. The number of carbonyl (C=O) groups is 1. The third kappa shape index (κ3) is 3.09. The van der Waals surface area contributed by atoms with Gasteiger partial charge in [0.2, 0.25) is 0 Å². The number of hydrogen-bond donors (Lipinski definition) is 0. The highest BCUT2D eigenvalue weighted by Crippen LogP contribution is 2.32. The lowest BCUT2D eigenvalue weighted by Gasteiger charge is -2.21. The van der Waals surface area contributed by atoms with Crippen molar-refractivity contribution >= 4 is 18.0 Å². The molecular formula is C13H13NO2S. The highest BCUT2D eigenvalue weighted by molar-refractivity contribution is 8.00. The average Bonchev–Trinajstić information content (AvgIpc) is 2.40. The van der Waals surface area contributed by atoms with Crippen molar-refractivity contribution in [3.63, 3.8) is 0 Å². The Labute approximate surface area is 105 Å². The molecule has 0 unspecified atom stereocenters. The van der Waals surface area contributed by atoms with Crippen molar-refractivity contribution in [2.75, 3.05) is 13.2 Å². The van der Waals surface area contributed by atoms with Gasteiger partial charge in [-0.05, 0) is 25.0 Å². The molecule has 0 bridgehead atoms. The van der Waals surface area contributed by atoms with Crippen LogP contribution in [0.4, 0.5) is 0 Å². The van der Waals surface area contributed by atoms with Crippen molar-refractivity contribution in [2.24, 2.45) is 0 Å². The summed E-state index contributed by atoms with van der Waals surface area (Å²) in [4.78, 5) is 11.6. The van der Waals surface area contributed by atoms with Crippen molar-refractivity contribution in [1.82, 2.24) is 0 Å². The lowest BCUT2D eigenvalue weighted by Crippen LogP contribution is -2.17. The molecule has 0 aliphatic carbocycles. The Morgan fingerprint density at radius 3 is 2.82 bits per heavy atom. The Morgan fingerprint density at radius 1 is 1.41 bits per heavy atom. The van der Waals surface area contributed by atoms with Crippen LogP contribution in [0.3, 0.4) is 0 Å². The molecule has 0 aromatic heterocycles. The lowest BCUT2D eigenvalue weighted by molar-refractivity contribution is 0.100. The van der Waals surface area contributed by atoms with Crippen LogP contribution in [-0.2, 0) is 4.74 Å². The molecule has 0 radical (unpaired) electrons. The Morgan fingerprint density at radius 2 is 2.18 bits per heavy atom. The number of thioether (sulfide) groups is 1. The molecule has 1 aromatic carbocycles. The van der Waals surface area contributed by atoms with Crippen LogP contribution in [0.2, 0.25) is 0 Å². The number of ether oxygens (including phenoxy) is 1. The van der Waals surface area contributed by atoms with E-state index in [4.69, 9.17) is 10.00 Å². The van der Waals surface area contributed by atoms with Crippen molar-refractivity contribution < 1.29 is 9.53 Å². The Bertz CT molecular complexity index is 447. The summed E-state index contributed by atoms with van der Waals surface area (Å²) in [6.45, 7) is 1.60. The molecule has 0 N–H and O–H groups in total. The molecule has 2 rings (SSSR count). The van der Waals surface area contributed by atoms with E-state index in [1.54, 1.807) is 23.9 Å². The molecule has 1 saturated heterocycles. The number of aldehydes is 1. The lowest BCUT2D eigenvalue weighted by atomic mass is 10.1. The molecule has 0 atom stereocenters. The molecule has 3 nitrogen and oxygen atoms in total. The van der Waals surface area contributed by atoms with Crippen LogP contribution in [0.25, 0.3) is 0 Å². The minimum Gasteiger partial charge on any atom is -0.381 e. The first-order chi connectivity index (χ1) is 8.33. The number of hydrogen-bond acceptors (Lipinski definition) is 4. The maximum Gasteiger partial charge on any atom is 0.150 e. The second-order valence-electron chi connectivity index (χ2n) is 3.91. The Balaban J connectivity index is 2.14. The fourth-order valence-electron chi connectivity index (χ4n) is 1.78. The third-order valence-corrected chi connectivity index (χ3v) is 4.14. The summed E-state index contributed by atoms with van der Waals surface area (Å²) in [5, 5.41) is 9.58. The number of rotatable bonds is 3. The zero-order chi connectivity index (χ0) is 12.1. The summed E-state index contributed by atoms with van der Waals surface area (Å²) in [6.07, 6.45) is 2.81. The second kappa shape index (κ2) is 5.85. The monoisotopic (exact) mass is 247 g/mol. The molecule has 17 heavy (non-hydrogen) atoms. The summed E-state index contributed by atoms with van der Waals surface area (Å²) in [5.41, 5.74) is 1.14. The van der Waals surface area contributed by atoms with Crippen molar-refractivity contribution in [3.05, 3.63) is 29.3 Å². The van der Waals surface area contributed by atoms with E-state index in [9.17, 15) is 4.79 Å². The van der Waals surface area contributed by atoms with Crippen molar-refractivity contribution in [3.8, 4) is 6.07 Å². The number of nitrogens with zero attached hydrogens (tertiary/aromatic N) is 1. The number of nitriles is 1. The van der Waals surface area contributed by atoms with Gasteiger partial charge < -0.3 is 4.74 Å². The van der Waals surface area contributed by atoms with E-state index >= 15 is 0 Å². The Hall–Kier alpha value is -1.31. The van der Waals surface area contributed by atoms with Gasteiger partial charge in [0.25, 0.3) is 0 Å². The topological polar surface area (TPSA) is 50.1 Å². The molecule has 1 aliphatic rings. The van der Waals surface area contributed by atoms with Crippen LogP contribution in [-0.4, -0.2) is 24.7 Å². The molecule has 0 spiro atoms. The van der Waals surface area contributed by atoms with E-state index in [0.717, 1.165) is 37.2 Å². The third-order valence-electron chi connectivity index (χ3n) is 2.72. The fraction of sp³-hybridized carbons (Fsp3) is 0.385. The van der Waals surface area contributed by atoms with Crippen LogP contribution in [0.5, 0.6) is 0 Å². The van der Waals surface area contributed by atoms with Gasteiger partial charge in [0.05, 0.1) is 5.56 Å². The van der Waals surface area contributed by atoms with Gasteiger partial charge in [-0.1, -0.05) is 6.07 Å². The van der Waals surface area contributed by atoms with E-state index in [1.807, 2.05) is 6.07 Å². The van der Waals surface area contributed by atoms with E-state index < -0.39 is 0 Å². The highest BCUT2D eigenvalue weighted by atomic mass is 32.2. The molecule has 0 saturated carbocycles. The summed E-state index contributed by atoms with van der Waals surface area (Å²) >= 11 is 1.72. The van der Waals surface area contributed by atoms with Crippen LogP contribution in [0, 0.1) is 11.3 Å². The zero-order valence-electron chi connectivity index (χ0n) is 9.39. The largest absolute Gasteiger partial charge is 0.381 e.